The summed E-state index contributed by atoms with van der Waals surface area (Å²) in [4.78, 5) is 16.5. The molecule has 29 heavy (non-hydrogen) atoms. The third-order valence-corrected chi connectivity index (χ3v) is 4.87. The first-order chi connectivity index (χ1) is 14.0. The monoisotopic (exact) mass is 398 g/mol. The van der Waals surface area contributed by atoms with Crippen molar-refractivity contribution in [3.63, 3.8) is 0 Å². The second-order valence-electron chi connectivity index (χ2n) is 7.56. The molecule has 0 aliphatic heterocycles. The van der Waals surface area contributed by atoms with Gasteiger partial charge in [0.2, 0.25) is 0 Å². The second kappa shape index (κ2) is 9.42. The zero-order valence-corrected chi connectivity index (χ0v) is 16.5. The number of hydrogen-bond acceptors (Lipinski definition) is 7. The molecule has 0 aliphatic carbocycles. The number of pyridine rings is 1. The average molecular weight is 398 g/mol. The average Bonchev–Trinajstić information content (AvgIpc) is 3.23. The van der Waals surface area contributed by atoms with Crippen LogP contribution in [0.5, 0.6) is 0 Å². The summed E-state index contributed by atoms with van der Waals surface area (Å²) < 4.78 is 0. The molecule has 154 valence electrons. The number of carboxylic acid groups (broad SMARTS) is 1. The minimum Gasteiger partial charge on any atom is -0.481 e. The predicted molar refractivity (Wildman–Crippen MR) is 109 cm³/mol. The van der Waals surface area contributed by atoms with E-state index in [4.69, 9.17) is 5.11 Å². The fourth-order valence-corrected chi connectivity index (χ4v) is 3.53. The fraction of sp³-hybridized carbons (Fsp3) is 0.450. The molecular formula is C20H26N6O3. The molecule has 0 fully saturated rings. The van der Waals surface area contributed by atoms with Crippen molar-refractivity contribution in [1.82, 2.24) is 25.6 Å². The van der Waals surface area contributed by atoms with Gasteiger partial charge in [-0.25, -0.2) is 0 Å². The summed E-state index contributed by atoms with van der Waals surface area (Å²) in [5, 5.41) is 37.0. The lowest BCUT2D eigenvalue weighted by molar-refractivity contribution is -0.143. The Balaban J connectivity index is 1.88. The van der Waals surface area contributed by atoms with E-state index in [0.717, 1.165) is 22.2 Å². The minimum atomic E-state index is -0.855. The van der Waals surface area contributed by atoms with E-state index in [-0.39, 0.29) is 12.5 Å². The number of carbonyl (C=O) groups is 1. The fourth-order valence-electron chi connectivity index (χ4n) is 3.53. The number of rotatable bonds is 10. The molecule has 2 atom stereocenters. The first-order valence-corrected chi connectivity index (χ1v) is 9.67. The summed E-state index contributed by atoms with van der Waals surface area (Å²) in [5.74, 6) is -1.21. The van der Waals surface area contributed by atoms with E-state index < -0.39 is 17.8 Å². The lowest BCUT2D eigenvalue weighted by atomic mass is 9.81. The Hall–Kier alpha value is -3.07. The van der Waals surface area contributed by atoms with Crippen molar-refractivity contribution in [3.05, 3.63) is 41.9 Å². The zero-order valence-electron chi connectivity index (χ0n) is 16.5. The zero-order chi connectivity index (χ0) is 20.8. The lowest BCUT2D eigenvalue weighted by Crippen LogP contribution is -2.26. The van der Waals surface area contributed by atoms with Crippen LogP contribution in [-0.2, 0) is 11.2 Å². The molecular weight excluding hydrogens is 372 g/mol. The van der Waals surface area contributed by atoms with Gasteiger partial charge in [-0.3, -0.25) is 9.78 Å². The smallest absolute Gasteiger partial charge is 0.307 e. The van der Waals surface area contributed by atoms with Crippen LogP contribution in [0, 0.1) is 11.8 Å². The van der Waals surface area contributed by atoms with Gasteiger partial charge in [-0.1, -0.05) is 31.2 Å². The van der Waals surface area contributed by atoms with Gasteiger partial charge in [0, 0.05) is 17.8 Å². The Morgan fingerprint density at radius 2 is 2.10 bits per heavy atom. The van der Waals surface area contributed by atoms with Crippen LogP contribution in [0.2, 0.25) is 0 Å². The standard InChI is InChI=1S/C20H26N6O3/c1-12(2)7-17(20(28)29)16(19-23-25-26-24-19)8-13-3-4-14-10-15(21-5-6-27)11-22-18(14)9-13/h3-4,9-12,16-17,21,27H,5-8H2,1-2H3,(H,28,29)(H,23,24,25,26). The molecule has 2 unspecified atom stereocenters. The van der Waals surface area contributed by atoms with Crippen molar-refractivity contribution in [2.24, 2.45) is 11.8 Å². The van der Waals surface area contributed by atoms with Gasteiger partial charge in [-0.05, 0) is 36.5 Å². The van der Waals surface area contributed by atoms with Crippen LogP contribution in [0.3, 0.4) is 0 Å². The van der Waals surface area contributed by atoms with Crippen molar-refractivity contribution in [2.75, 3.05) is 18.5 Å². The number of benzene rings is 1. The van der Waals surface area contributed by atoms with E-state index in [1.807, 2.05) is 38.1 Å². The van der Waals surface area contributed by atoms with Gasteiger partial charge >= 0.3 is 5.97 Å². The van der Waals surface area contributed by atoms with Crippen molar-refractivity contribution in [2.45, 2.75) is 32.6 Å². The third-order valence-electron chi connectivity index (χ3n) is 4.87. The number of tetrazole rings is 1. The Kier molecular flexibility index (Phi) is 6.71. The highest BCUT2D eigenvalue weighted by molar-refractivity contribution is 5.82. The van der Waals surface area contributed by atoms with Crippen LogP contribution >= 0.6 is 0 Å². The molecule has 0 spiro atoms. The van der Waals surface area contributed by atoms with Crippen LogP contribution in [0.4, 0.5) is 5.69 Å². The number of aliphatic carboxylic acids is 1. The van der Waals surface area contributed by atoms with Crippen molar-refractivity contribution >= 4 is 22.6 Å². The maximum absolute atomic E-state index is 12.0. The summed E-state index contributed by atoms with van der Waals surface area (Å²) >= 11 is 0. The number of hydrogen-bond donors (Lipinski definition) is 4. The highest BCUT2D eigenvalue weighted by atomic mass is 16.4. The van der Waals surface area contributed by atoms with Crippen LogP contribution in [0.15, 0.2) is 30.5 Å². The molecule has 9 nitrogen and oxygen atoms in total. The summed E-state index contributed by atoms with van der Waals surface area (Å²) in [6, 6.07) is 7.87. The van der Waals surface area contributed by atoms with Gasteiger partial charge < -0.3 is 15.5 Å². The summed E-state index contributed by atoms with van der Waals surface area (Å²) in [5.41, 5.74) is 2.62. The van der Waals surface area contributed by atoms with Gasteiger partial charge in [-0.15, -0.1) is 10.2 Å². The number of aromatic nitrogens is 5. The molecule has 0 saturated heterocycles. The quantitative estimate of drug-likeness (QED) is 0.408. The van der Waals surface area contributed by atoms with Gasteiger partial charge in [-0.2, -0.15) is 5.21 Å². The number of carboxylic acids is 1. The van der Waals surface area contributed by atoms with Crippen molar-refractivity contribution < 1.29 is 15.0 Å². The van der Waals surface area contributed by atoms with Gasteiger partial charge in [0.15, 0.2) is 5.82 Å². The van der Waals surface area contributed by atoms with E-state index >= 15 is 0 Å². The Bertz CT molecular complexity index is 945. The third kappa shape index (κ3) is 5.26. The van der Waals surface area contributed by atoms with Crippen LogP contribution in [-0.4, -0.2) is 54.9 Å². The molecule has 3 aromatic rings. The second-order valence-corrected chi connectivity index (χ2v) is 7.56. The van der Waals surface area contributed by atoms with E-state index in [1.165, 1.54) is 0 Å². The molecule has 4 N–H and O–H groups in total. The van der Waals surface area contributed by atoms with Crippen LogP contribution in [0.25, 0.3) is 10.9 Å². The van der Waals surface area contributed by atoms with Gasteiger partial charge in [0.1, 0.15) is 0 Å². The molecule has 0 bridgehead atoms. The van der Waals surface area contributed by atoms with E-state index in [9.17, 15) is 9.90 Å². The lowest BCUT2D eigenvalue weighted by Gasteiger charge is -2.23. The minimum absolute atomic E-state index is 0.0512. The Labute approximate surface area is 168 Å². The van der Waals surface area contributed by atoms with E-state index in [1.54, 1.807) is 6.20 Å². The molecule has 2 heterocycles. The molecule has 0 saturated carbocycles. The van der Waals surface area contributed by atoms with Crippen LogP contribution in [0.1, 0.15) is 37.6 Å². The highest BCUT2D eigenvalue weighted by Gasteiger charge is 2.33. The number of nitrogens with one attached hydrogen (secondary N) is 2. The number of aliphatic hydroxyl groups excluding tert-OH is 1. The summed E-state index contributed by atoms with van der Waals surface area (Å²) in [6.07, 6.45) is 2.73. The van der Waals surface area contributed by atoms with Gasteiger partial charge in [0.25, 0.3) is 0 Å². The van der Waals surface area contributed by atoms with Gasteiger partial charge in [0.05, 0.1) is 29.9 Å². The summed E-state index contributed by atoms with van der Waals surface area (Å²) in [7, 11) is 0. The largest absolute Gasteiger partial charge is 0.481 e. The number of aromatic amines is 1. The first-order valence-electron chi connectivity index (χ1n) is 9.67. The molecule has 1 aromatic carbocycles. The topological polar surface area (TPSA) is 137 Å². The Morgan fingerprint density at radius 3 is 2.76 bits per heavy atom. The molecule has 0 aliphatic rings. The molecule has 0 radical (unpaired) electrons. The first kappa shape index (κ1) is 20.7. The van der Waals surface area contributed by atoms with Crippen molar-refractivity contribution in [1.29, 1.82) is 0 Å². The maximum atomic E-state index is 12.0. The predicted octanol–water partition coefficient (Wildman–Crippen LogP) is 2.23. The Morgan fingerprint density at radius 1 is 1.28 bits per heavy atom. The number of nitrogens with zero attached hydrogens (tertiary/aromatic N) is 4. The molecule has 9 heteroatoms. The van der Waals surface area contributed by atoms with Crippen molar-refractivity contribution in [3.8, 4) is 0 Å². The number of anilines is 1. The SMILES string of the molecule is CC(C)CC(C(=O)O)C(Cc1ccc2cc(NCCO)cnc2c1)c1nn[nH]n1. The summed E-state index contributed by atoms with van der Waals surface area (Å²) in [6.45, 7) is 4.52. The molecule has 2 aromatic heterocycles. The normalized spacial score (nSPS) is 13.5. The number of fused-ring (bicyclic) bond motifs is 1. The maximum Gasteiger partial charge on any atom is 0.307 e. The molecule has 3 rings (SSSR count). The molecule has 0 amide bonds. The highest BCUT2D eigenvalue weighted by Crippen LogP contribution is 2.32. The number of H-pyrrole nitrogens is 1. The van der Waals surface area contributed by atoms with E-state index in [0.29, 0.717) is 25.2 Å². The van der Waals surface area contributed by atoms with Crippen LogP contribution < -0.4 is 5.32 Å². The number of aliphatic hydroxyl groups is 1. The van der Waals surface area contributed by atoms with E-state index in [2.05, 4.69) is 30.9 Å².